The predicted octanol–water partition coefficient (Wildman–Crippen LogP) is -0.189. The topological polar surface area (TPSA) is 89.9 Å². The second kappa shape index (κ2) is 5.67. The van der Waals surface area contributed by atoms with Crippen molar-refractivity contribution in [2.75, 3.05) is 13.1 Å². The van der Waals surface area contributed by atoms with Crippen molar-refractivity contribution < 1.29 is 19.8 Å². The zero-order valence-electron chi connectivity index (χ0n) is 11.1. The number of carbonyl (C=O) groups excluding carboxylic acids is 1. The van der Waals surface area contributed by atoms with E-state index in [4.69, 9.17) is 5.11 Å². The Morgan fingerprint density at radius 1 is 1.44 bits per heavy atom. The number of nitrogens with zero attached hydrogens (tertiary/aromatic N) is 1. The van der Waals surface area contributed by atoms with Crippen LogP contribution >= 0.6 is 0 Å². The number of β-amino-alcohol motifs (C(OH)–C–C–N with tert-alkyl or cyclic N) is 1. The highest BCUT2D eigenvalue weighted by Gasteiger charge is 2.37. The summed E-state index contributed by atoms with van der Waals surface area (Å²) in [6, 6.07) is -0.768. The summed E-state index contributed by atoms with van der Waals surface area (Å²) in [6.07, 6.45) is 0.307. The van der Waals surface area contributed by atoms with E-state index in [1.54, 1.807) is 0 Å². The summed E-state index contributed by atoms with van der Waals surface area (Å²) in [5.41, 5.74) is -0.297. The first-order chi connectivity index (χ1) is 8.25. The van der Waals surface area contributed by atoms with Gasteiger partial charge >= 0.3 is 5.97 Å². The van der Waals surface area contributed by atoms with E-state index in [9.17, 15) is 14.7 Å². The van der Waals surface area contributed by atoms with Crippen molar-refractivity contribution in [1.82, 2.24) is 10.2 Å². The largest absolute Gasteiger partial charge is 0.480 e. The lowest BCUT2D eigenvalue weighted by atomic mass is 10.0. The molecule has 18 heavy (non-hydrogen) atoms. The second-order valence-corrected chi connectivity index (χ2v) is 5.46. The molecule has 1 aliphatic rings. The molecular formula is C12H22N2O4. The number of aliphatic hydroxyl groups is 1. The summed E-state index contributed by atoms with van der Waals surface area (Å²) in [5.74, 6) is -1.20. The van der Waals surface area contributed by atoms with Crippen molar-refractivity contribution in [2.24, 2.45) is 0 Å². The Balaban J connectivity index is 2.56. The molecule has 0 radical (unpaired) electrons. The molecule has 1 rings (SSSR count). The van der Waals surface area contributed by atoms with E-state index in [2.05, 4.69) is 5.32 Å². The number of amides is 1. The van der Waals surface area contributed by atoms with Gasteiger partial charge in [-0.05, 0) is 20.3 Å². The Kier molecular flexibility index (Phi) is 4.70. The molecule has 0 bridgehead atoms. The maximum absolute atomic E-state index is 11.8. The van der Waals surface area contributed by atoms with Crippen molar-refractivity contribution in [3.05, 3.63) is 0 Å². The van der Waals surface area contributed by atoms with E-state index in [1.807, 2.05) is 20.8 Å². The number of likely N-dealkylation sites (tertiary alicyclic amines) is 1. The molecular weight excluding hydrogens is 236 g/mol. The zero-order chi connectivity index (χ0) is 13.9. The summed E-state index contributed by atoms with van der Waals surface area (Å²) >= 11 is 0. The van der Waals surface area contributed by atoms with Crippen LogP contribution in [0.1, 0.15) is 33.6 Å². The minimum absolute atomic E-state index is 0.0114. The Morgan fingerprint density at radius 3 is 2.56 bits per heavy atom. The third kappa shape index (κ3) is 3.96. The van der Waals surface area contributed by atoms with Crippen LogP contribution in [0.3, 0.4) is 0 Å². The minimum Gasteiger partial charge on any atom is -0.480 e. The molecule has 1 amide bonds. The lowest BCUT2D eigenvalue weighted by molar-refractivity contribution is -0.142. The number of hydrogen-bond donors (Lipinski definition) is 3. The minimum atomic E-state index is -0.992. The first-order valence-corrected chi connectivity index (χ1v) is 6.21. The van der Waals surface area contributed by atoms with E-state index >= 15 is 0 Å². The molecule has 0 aliphatic carbocycles. The lowest BCUT2D eigenvalue weighted by Gasteiger charge is -2.27. The summed E-state index contributed by atoms with van der Waals surface area (Å²) < 4.78 is 0. The molecule has 1 heterocycles. The molecule has 2 atom stereocenters. The van der Waals surface area contributed by atoms with Crippen LogP contribution < -0.4 is 5.32 Å². The van der Waals surface area contributed by atoms with Crippen molar-refractivity contribution in [3.63, 3.8) is 0 Å². The highest BCUT2D eigenvalue weighted by molar-refractivity contribution is 5.80. The van der Waals surface area contributed by atoms with Crippen molar-refractivity contribution in [3.8, 4) is 0 Å². The number of hydrogen-bond acceptors (Lipinski definition) is 4. The SMILES string of the molecule is CCC(C)(C)NC(=O)CN1CC(O)CC1C(=O)O. The molecule has 0 aromatic heterocycles. The maximum atomic E-state index is 11.8. The van der Waals surface area contributed by atoms with Crippen LogP contribution in [0.4, 0.5) is 0 Å². The van der Waals surface area contributed by atoms with Crippen molar-refractivity contribution >= 4 is 11.9 Å². The Hall–Kier alpha value is -1.14. The molecule has 104 valence electrons. The first kappa shape index (κ1) is 14.9. The molecule has 3 N–H and O–H groups in total. The normalized spacial score (nSPS) is 25.1. The molecule has 1 fully saturated rings. The molecule has 1 saturated heterocycles. The van der Waals surface area contributed by atoms with E-state index in [1.165, 1.54) is 4.90 Å². The van der Waals surface area contributed by atoms with Crippen molar-refractivity contribution in [2.45, 2.75) is 51.3 Å². The Bertz CT molecular complexity index is 330. The van der Waals surface area contributed by atoms with Gasteiger partial charge in [0.1, 0.15) is 6.04 Å². The fourth-order valence-electron chi connectivity index (χ4n) is 2.00. The smallest absolute Gasteiger partial charge is 0.321 e. The monoisotopic (exact) mass is 258 g/mol. The summed E-state index contributed by atoms with van der Waals surface area (Å²) in [4.78, 5) is 24.3. The van der Waals surface area contributed by atoms with E-state index < -0.39 is 18.1 Å². The van der Waals surface area contributed by atoms with Crippen LogP contribution in [-0.2, 0) is 9.59 Å². The molecule has 0 saturated carbocycles. The fourth-order valence-corrected chi connectivity index (χ4v) is 2.00. The molecule has 1 aliphatic heterocycles. The van der Waals surface area contributed by atoms with Gasteiger partial charge in [0, 0.05) is 18.5 Å². The molecule has 0 spiro atoms. The number of carboxylic acids is 1. The van der Waals surface area contributed by atoms with Crippen LogP contribution in [0.25, 0.3) is 0 Å². The molecule has 2 unspecified atom stereocenters. The van der Waals surface area contributed by atoms with Gasteiger partial charge in [-0.2, -0.15) is 0 Å². The number of aliphatic carboxylic acids is 1. The predicted molar refractivity (Wildman–Crippen MR) is 66.1 cm³/mol. The van der Waals surface area contributed by atoms with E-state index in [0.29, 0.717) is 0 Å². The summed E-state index contributed by atoms with van der Waals surface area (Å²) in [6.45, 7) is 6.05. The molecule has 6 nitrogen and oxygen atoms in total. The van der Waals surface area contributed by atoms with Crippen LogP contribution in [0, 0.1) is 0 Å². The number of carbonyl (C=O) groups is 2. The van der Waals surface area contributed by atoms with Gasteiger partial charge in [-0.15, -0.1) is 0 Å². The van der Waals surface area contributed by atoms with Gasteiger partial charge in [0.25, 0.3) is 0 Å². The molecule has 6 heteroatoms. The van der Waals surface area contributed by atoms with Gasteiger partial charge in [-0.25, -0.2) is 0 Å². The van der Waals surface area contributed by atoms with Gasteiger partial charge in [-0.3, -0.25) is 14.5 Å². The zero-order valence-corrected chi connectivity index (χ0v) is 11.1. The highest BCUT2D eigenvalue weighted by atomic mass is 16.4. The maximum Gasteiger partial charge on any atom is 0.321 e. The highest BCUT2D eigenvalue weighted by Crippen LogP contribution is 2.18. The lowest BCUT2D eigenvalue weighted by Crippen LogP contribution is -2.49. The standard InChI is InChI=1S/C12H22N2O4/c1-4-12(2,3)13-10(16)7-14-6-8(15)5-9(14)11(17)18/h8-9,15H,4-7H2,1-3H3,(H,13,16)(H,17,18). The number of aliphatic hydroxyl groups excluding tert-OH is 1. The average Bonchev–Trinajstić information content (AvgIpc) is 2.58. The molecule has 0 aromatic rings. The third-order valence-corrected chi connectivity index (χ3v) is 3.37. The van der Waals surface area contributed by atoms with Gasteiger partial charge in [0.15, 0.2) is 0 Å². The third-order valence-electron chi connectivity index (χ3n) is 3.37. The van der Waals surface area contributed by atoms with E-state index in [0.717, 1.165) is 6.42 Å². The van der Waals surface area contributed by atoms with Gasteiger partial charge < -0.3 is 15.5 Å². The van der Waals surface area contributed by atoms with Gasteiger partial charge in [-0.1, -0.05) is 6.92 Å². The van der Waals surface area contributed by atoms with Crippen LogP contribution in [0.2, 0.25) is 0 Å². The number of nitrogens with one attached hydrogen (secondary N) is 1. The Morgan fingerprint density at radius 2 is 2.06 bits per heavy atom. The Labute approximate surface area is 107 Å². The molecule has 0 aromatic carbocycles. The fraction of sp³-hybridized carbons (Fsp3) is 0.833. The quantitative estimate of drug-likeness (QED) is 0.636. The second-order valence-electron chi connectivity index (χ2n) is 5.46. The van der Waals surface area contributed by atoms with Gasteiger partial charge in [0.2, 0.25) is 5.91 Å². The number of rotatable bonds is 5. The van der Waals surface area contributed by atoms with Gasteiger partial charge in [0.05, 0.1) is 12.6 Å². The average molecular weight is 258 g/mol. The number of carboxylic acid groups (broad SMARTS) is 1. The van der Waals surface area contributed by atoms with E-state index in [-0.39, 0.29) is 31.0 Å². The first-order valence-electron chi connectivity index (χ1n) is 6.21. The van der Waals surface area contributed by atoms with Crippen LogP contribution in [-0.4, -0.2) is 57.8 Å². The van der Waals surface area contributed by atoms with Crippen LogP contribution in [0.15, 0.2) is 0 Å². The van der Waals surface area contributed by atoms with Crippen LogP contribution in [0.5, 0.6) is 0 Å². The summed E-state index contributed by atoms with van der Waals surface area (Å²) in [7, 11) is 0. The summed E-state index contributed by atoms with van der Waals surface area (Å²) in [5, 5.41) is 21.3. The van der Waals surface area contributed by atoms with Crippen molar-refractivity contribution in [1.29, 1.82) is 0 Å².